The molecule has 0 amide bonds. The zero-order valence-corrected chi connectivity index (χ0v) is 15.4. The van der Waals surface area contributed by atoms with Gasteiger partial charge in [0.1, 0.15) is 5.58 Å². The Kier molecular flexibility index (Phi) is 4.04. The van der Waals surface area contributed by atoms with Crippen molar-refractivity contribution < 1.29 is 9.21 Å². The van der Waals surface area contributed by atoms with Crippen molar-refractivity contribution in [2.45, 2.75) is 20.8 Å². The van der Waals surface area contributed by atoms with E-state index in [-0.39, 0.29) is 5.78 Å². The van der Waals surface area contributed by atoms with E-state index in [2.05, 4.69) is 0 Å². The van der Waals surface area contributed by atoms with Crippen molar-refractivity contribution in [3.8, 4) is 16.9 Å². The number of carbonyl (C=O) groups is 1. The van der Waals surface area contributed by atoms with Crippen molar-refractivity contribution in [1.29, 1.82) is 0 Å². The van der Waals surface area contributed by atoms with E-state index in [1.54, 1.807) is 12.1 Å². The highest BCUT2D eigenvalue weighted by Gasteiger charge is 2.20. The SMILES string of the molecule is CC(=O)c1cc(-c2cc3ccccc3oc2=O)n(-c2ccc(C)cc2)c1C. The fraction of sp³-hybridized carbons (Fsp3) is 0.130. The molecule has 0 spiro atoms. The lowest BCUT2D eigenvalue weighted by molar-refractivity contribution is 0.101. The van der Waals surface area contributed by atoms with E-state index in [0.29, 0.717) is 22.4 Å². The van der Waals surface area contributed by atoms with Crippen LogP contribution in [0.3, 0.4) is 0 Å². The molecule has 0 saturated heterocycles. The van der Waals surface area contributed by atoms with Crippen LogP contribution in [-0.4, -0.2) is 10.4 Å². The second-order valence-electron chi connectivity index (χ2n) is 6.74. The summed E-state index contributed by atoms with van der Waals surface area (Å²) in [5.41, 5.74) is 4.64. The summed E-state index contributed by atoms with van der Waals surface area (Å²) < 4.78 is 7.45. The third-order valence-corrected chi connectivity index (χ3v) is 4.84. The third kappa shape index (κ3) is 2.89. The van der Waals surface area contributed by atoms with Crippen LogP contribution in [0, 0.1) is 13.8 Å². The van der Waals surface area contributed by atoms with Crippen LogP contribution in [0.4, 0.5) is 0 Å². The Hall–Kier alpha value is -3.40. The normalized spacial score (nSPS) is 11.1. The summed E-state index contributed by atoms with van der Waals surface area (Å²) in [4.78, 5) is 24.8. The smallest absolute Gasteiger partial charge is 0.345 e. The van der Waals surface area contributed by atoms with Gasteiger partial charge >= 0.3 is 5.63 Å². The number of aromatic nitrogens is 1. The molecule has 4 aromatic rings. The fourth-order valence-electron chi connectivity index (χ4n) is 3.43. The summed E-state index contributed by atoms with van der Waals surface area (Å²) in [6, 6.07) is 19.0. The monoisotopic (exact) mass is 357 g/mol. The minimum atomic E-state index is -0.422. The van der Waals surface area contributed by atoms with Crippen molar-refractivity contribution in [3.05, 3.63) is 87.9 Å². The van der Waals surface area contributed by atoms with Gasteiger partial charge in [0, 0.05) is 22.3 Å². The molecular formula is C23H19NO3. The predicted molar refractivity (Wildman–Crippen MR) is 107 cm³/mol. The second kappa shape index (κ2) is 6.40. The summed E-state index contributed by atoms with van der Waals surface area (Å²) >= 11 is 0. The van der Waals surface area contributed by atoms with Crippen molar-refractivity contribution in [2.24, 2.45) is 0 Å². The lowest BCUT2D eigenvalue weighted by Gasteiger charge is -2.12. The Bertz CT molecular complexity index is 1230. The van der Waals surface area contributed by atoms with Crippen molar-refractivity contribution in [1.82, 2.24) is 4.57 Å². The minimum Gasteiger partial charge on any atom is -0.422 e. The molecule has 0 atom stereocenters. The molecule has 134 valence electrons. The highest BCUT2D eigenvalue weighted by atomic mass is 16.4. The number of benzene rings is 2. The molecule has 4 heteroatoms. The summed E-state index contributed by atoms with van der Waals surface area (Å²) in [6.07, 6.45) is 0. The van der Waals surface area contributed by atoms with Crippen molar-refractivity contribution >= 4 is 16.8 Å². The molecule has 4 rings (SSSR count). The van der Waals surface area contributed by atoms with E-state index in [0.717, 1.165) is 22.3 Å². The van der Waals surface area contributed by atoms with Gasteiger partial charge in [-0.15, -0.1) is 0 Å². The number of nitrogens with zero attached hydrogens (tertiary/aromatic N) is 1. The van der Waals surface area contributed by atoms with Gasteiger partial charge in [-0.3, -0.25) is 4.79 Å². The number of fused-ring (bicyclic) bond motifs is 1. The van der Waals surface area contributed by atoms with Crippen molar-refractivity contribution in [2.75, 3.05) is 0 Å². The van der Waals surface area contributed by atoms with Gasteiger partial charge in [-0.25, -0.2) is 4.79 Å². The molecule has 0 N–H and O–H groups in total. The highest BCUT2D eigenvalue weighted by Crippen LogP contribution is 2.30. The highest BCUT2D eigenvalue weighted by molar-refractivity contribution is 5.97. The molecule has 27 heavy (non-hydrogen) atoms. The first-order valence-corrected chi connectivity index (χ1v) is 8.79. The molecule has 2 heterocycles. The number of hydrogen-bond acceptors (Lipinski definition) is 3. The van der Waals surface area contributed by atoms with Crippen LogP contribution in [0.1, 0.15) is 28.5 Å². The minimum absolute atomic E-state index is 0.0372. The van der Waals surface area contributed by atoms with Gasteiger partial charge in [0.25, 0.3) is 0 Å². The van der Waals surface area contributed by atoms with E-state index in [9.17, 15) is 9.59 Å². The molecule has 0 aliphatic heterocycles. The standard InChI is InChI=1S/C23H19NO3/c1-14-8-10-18(11-9-14)24-15(2)19(16(3)25)13-21(24)20-12-17-6-4-5-7-22(17)27-23(20)26/h4-13H,1-3H3. The van der Waals surface area contributed by atoms with E-state index in [1.165, 1.54) is 6.92 Å². The Labute approximate surface area is 156 Å². The molecule has 0 aliphatic carbocycles. The molecule has 2 aromatic heterocycles. The lowest BCUT2D eigenvalue weighted by atomic mass is 10.1. The number of Topliss-reactive ketones (excluding diaryl/α,β-unsaturated/α-hetero) is 1. The molecule has 0 fully saturated rings. The largest absolute Gasteiger partial charge is 0.422 e. The molecule has 4 nitrogen and oxygen atoms in total. The van der Waals surface area contributed by atoms with Crippen LogP contribution in [-0.2, 0) is 0 Å². The van der Waals surface area contributed by atoms with Gasteiger partial charge < -0.3 is 8.98 Å². The Morgan fingerprint density at radius 2 is 1.67 bits per heavy atom. The van der Waals surface area contributed by atoms with Gasteiger partial charge in [-0.2, -0.15) is 0 Å². The van der Waals surface area contributed by atoms with Gasteiger partial charge in [0.15, 0.2) is 5.78 Å². The molecule has 0 bridgehead atoms. The first kappa shape index (κ1) is 17.0. The zero-order valence-electron chi connectivity index (χ0n) is 15.4. The number of para-hydroxylation sites is 1. The van der Waals surface area contributed by atoms with Crippen LogP contribution in [0.15, 0.2) is 69.9 Å². The number of aryl methyl sites for hydroxylation is 1. The first-order chi connectivity index (χ1) is 13.0. The molecule has 0 aliphatic rings. The van der Waals surface area contributed by atoms with Crippen LogP contribution in [0.5, 0.6) is 0 Å². The second-order valence-corrected chi connectivity index (χ2v) is 6.74. The summed E-state index contributed by atoms with van der Waals surface area (Å²) in [5.74, 6) is -0.0372. The Morgan fingerprint density at radius 1 is 0.963 bits per heavy atom. The number of carbonyl (C=O) groups excluding carboxylic acids is 1. The van der Waals surface area contributed by atoms with E-state index >= 15 is 0 Å². The van der Waals surface area contributed by atoms with Crippen molar-refractivity contribution in [3.63, 3.8) is 0 Å². The maximum absolute atomic E-state index is 12.7. The summed E-state index contributed by atoms with van der Waals surface area (Å²) in [7, 11) is 0. The third-order valence-electron chi connectivity index (χ3n) is 4.84. The number of rotatable bonds is 3. The van der Waals surface area contributed by atoms with Crippen LogP contribution in [0.25, 0.3) is 27.9 Å². The average Bonchev–Trinajstić information content (AvgIpc) is 2.99. The fourth-order valence-corrected chi connectivity index (χ4v) is 3.43. The molecule has 2 aromatic carbocycles. The van der Waals surface area contributed by atoms with E-state index in [1.807, 2.05) is 66.9 Å². The van der Waals surface area contributed by atoms with Gasteiger partial charge in [0.05, 0.1) is 11.3 Å². The Balaban J connectivity index is 2.04. The first-order valence-electron chi connectivity index (χ1n) is 8.79. The summed E-state index contributed by atoms with van der Waals surface area (Å²) in [6.45, 7) is 5.45. The lowest BCUT2D eigenvalue weighted by Crippen LogP contribution is -2.07. The quantitative estimate of drug-likeness (QED) is 0.380. The van der Waals surface area contributed by atoms with Gasteiger partial charge in [0.2, 0.25) is 0 Å². The number of ketones is 1. The summed E-state index contributed by atoms with van der Waals surface area (Å²) in [5, 5.41) is 0.839. The average molecular weight is 357 g/mol. The van der Waals surface area contributed by atoms with Crippen LogP contribution >= 0.6 is 0 Å². The topological polar surface area (TPSA) is 52.2 Å². The van der Waals surface area contributed by atoms with Gasteiger partial charge in [-0.1, -0.05) is 35.9 Å². The molecule has 0 unspecified atom stereocenters. The van der Waals surface area contributed by atoms with E-state index in [4.69, 9.17) is 4.42 Å². The van der Waals surface area contributed by atoms with E-state index < -0.39 is 5.63 Å². The number of hydrogen-bond donors (Lipinski definition) is 0. The molecular weight excluding hydrogens is 338 g/mol. The van der Waals surface area contributed by atoms with Crippen LogP contribution in [0.2, 0.25) is 0 Å². The van der Waals surface area contributed by atoms with Gasteiger partial charge in [-0.05, 0) is 51.1 Å². The Morgan fingerprint density at radius 3 is 2.37 bits per heavy atom. The molecule has 0 saturated carbocycles. The van der Waals surface area contributed by atoms with Crippen LogP contribution < -0.4 is 5.63 Å². The predicted octanol–water partition coefficient (Wildman–Crippen LogP) is 5.07. The molecule has 0 radical (unpaired) electrons. The maximum atomic E-state index is 12.7. The maximum Gasteiger partial charge on any atom is 0.345 e. The zero-order chi connectivity index (χ0) is 19.1.